The van der Waals surface area contributed by atoms with Crippen LogP contribution in [0.1, 0.15) is 48.1 Å². The molecule has 0 bridgehead atoms. The SMILES string of the molecule is CC[C@H]1O[C@@H](n2cnc3c(NC(c4ccccc4)(c4ccccc4)c4ccccc4)ncnc32)C(OCc2ccc(OC)cc2)[C@H]1F.Nc1ncnc2c1ncn2[C@@H]1O[C@H](CO)[C@H](F)C1O. The van der Waals surface area contributed by atoms with Crippen molar-refractivity contribution in [3.63, 3.8) is 0 Å². The number of alkyl halides is 2. The van der Waals surface area contributed by atoms with Crippen LogP contribution in [0.5, 0.6) is 5.75 Å². The van der Waals surface area contributed by atoms with Crippen molar-refractivity contribution in [2.24, 2.45) is 0 Å². The first-order chi connectivity index (χ1) is 32.2. The minimum atomic E-state index is -1.67. The second kappa shape index (κ2) is 19.3. The van der Waals surface area contributed by atoms with E-state index in [9.17, 15) is 9.50 Å². The lowest BCUT2D eigenvalue weighted by Crippen LogP contribution is -2.38. The number of nitrogens with one attached hydrogen (secondary N) is 1. The van der Waals surface area contributed by atoms with E-state index in [-0.39, 0.29) is 12.4 Å². The van der Waals surface area contributed by atoms with Crippen LogP contribution in [0.2, 0.25) is 0 Å². The lowest BCUT2D eigenvalue weighted by Gasteiger charge is -2.37. The smallest absolute Gasteiger partial charge is 0.167 e. The summed E-state index contributed by atoms with van der Waals surface area (Å²) in [4.78, 5) is 25.9. The highest BCUT2D eigenvalue weighted by molar-refractivity contribution is 5.84. The Morgan fingerprint density at radius 2 is 1.24 bits per heavy atom. The van der Waals surface area contributed by atoms with E-state index < -0.39 is 61.4 Å². The molecule has 6 heterocycles. The molecular weight excluding hydrogens is 851 g/mol. The van der Waals surface area contributed by atoms with Crippen LogP contribution in [0.25, 0.3) is 22.3 Å². The van der Waals surface area contributed by atoms with E-state index in [0.717, 1.165) is 28.0 Å². The third-order valence-electron chi connectivity index (χ3n) is 12.0. The summed E-state index contributed by atoms with van der Waals surface area (Å²) in [6.07, 6.45) is -2.54. The van der Waals surface area contributed by atoms with E-state index in [0.29, 0.717) is 34.6 Å². The average Bonchev–Trinajstić information content (AvgIpc) is 4.15. The number of nitrogen functional groups attached to an aromatic ring is 1. The molecule has 4 aromatic heterocycles. The van der Waals surface area contributed by atoms with Gasteiger partial charge in [-0.15, -0.1) is 0 Å². The summed E-state index contributed by atoms with van der Waals surface area (Å²) >= 11 is 0. The number of aliphatic hydroxyl groups excluding tert-OH is 2. The summed E-state index contributed by atoms with van der Waals surface area (Å²) in [5, 5.41) is 22.6. The molecule has 8 aromatic rings. The fraction of sp³-hybridized carbons (Fsp3) is 0.292. The lowest BCUT2D eigenvalue weighted by molar-refractivity contribution is -0.0692. The van der Waals surface area contributed by atoms with Crippen LogP contribution in [0.3, 0.4) is 0 Å². The fourth-order valence-corrected chi connectivity index (χ4v) is 8.56. The van der Waals surface area contributed by atoms with Crippen molar-refractivity contribution in [1.82, 2.24) is 39.0 Å². The maximum Gasteiger partial charge on any atom is 0.167 e. The molecule has 16 nitrogen and oxygen atoms in total. The number of fused-ring (bicyclic) bond motifs is 2. The standard InChI is InChI=1S/C38H36FN5O3.C10H12FN5O3/c1-3-31-32(39)34(46-23-26-19-21-30(45-2)22-20-26)37(47-31)44-25-42-33-35(40-24-41-36(33)44)43-38(27-13-7-4-8-14-27,28-15-9-5-10-16-28)29-17-11-6-12-18-29;11-5-4(1-17)19-10(7(5)18)16-3-15-6-8(12)13-2-14-9(6)16/h4-22,24-25,31-32,34,37H,3,23H2,1-2H3,(H,40,41,43);2-5,7,10,17-18H,1H2,(H2,12,13,14)/t31-,32+,34?,37-;4-,5+,7?,10-/m11/s1. The zero-order chi connectivity index (χ0) is 45.8. The number of hydrogen-bond donors (Lipinski definition) is 4. The molecule has 340 valence electrons. The van der Waals surface area contributed by atoms with Gasteiger partial charge in [-0.3, -0.25) is 9.13 Å². The Bertz CT molecular complexity index is 2750. The van der Waals surface area contributed by atoms with Gasteiger partial charge in [-0.05, 0) is 40.8 Å². The van der Waals surface area contributed by atoms with Crippen LogP contribution in [-0.4, -0.2) is 99.7 Å². The number of hydrogen-bond acceptors (Lipinski definition) is 14. The second-order valence-corrected chi connectivity index (χ2v) is 15.8. The Hall–Kier alpha value is -6.96. The molecule has 2 unspecified atom stereocenters. The number of imidazole rings is 2. The van der Waals surface area contributed by atoms with Crippen LogP contribution in [0, 0.1) is 0 Å². The average molecular weight is 899 g/mol. The van der Waals surface area contributed by atoms with E-state index in [4.69, 9.17) is 39.8 Å². The normalized spacial score (nSPS) is 22.9. The minimum absolute atomic E-state index is 0.187. The first-order valence-electron chi connectivity index (χ1n) is 21.4. The van der Waals surface area contributed by atoms with Crippen molar-refractivity contribution in [1.29, 1.82) is 0 Å². The summed E-state index contributed by atoms with van der Waals surface area (Å²) in [7, 11) is 1.62. The number of nitrogens with two attached hydrogens (primary N) is 1. The van der Waals surface area contributed by atoms with E-state index in [1.807, 2.05) is 85.8 Å². The van der Waals surface area contributed by atoms with E-state index in [1.165, 1.54) is 23.5 Å². The monoisotopic (exact) mass is 898 g/mol. The number of aromatic nitrogens is 8. The zero-order valence-electron chi connectivity index (χ0n) is 36.0. The quantitative estimate of drug-likeness (QED) is 0.0918. The minimum Gasteiger partial charge on any atom is -0.497 e. The molecule has 4 aromatic carbocycles. The topological polar surface area (TPSA) is 203 Å². The number of benzene rings is 4. The molecule has 2 aliphatic heterocycles. The molecule has 0 aliphatic carbocycles. The summed E-state index contributed by atoms with van der Waals surface area (Å²) in [5.74, 6) is 1.46. The molecule has 10 rings (SSSR count). The number of methoxy groups -OCH3 is 1. The van der Waals surface area contributed by atoms with Crippen LogP contribution in [-0.2, 0) is 26.4 Å². The van der Waals surface area contributed by atoms with Crippen molar-refractivity contribution < 1.29 is 37.9 Å². The van der Waals surface area contributed by atoms with Gasteiger partial charge in [-0.1, -0.05) is 110 Å². The molecule has 66 heavy (non-hydrogen) atoms. The van der Waals surface area contributed by atoms with Gasteiger partial charge in [0.15, 0.2) is 53.2 Å². The van der Waals surface area contributed by atoms with Gasteiger partial charge in [-0.2, -0.15) is 0 Å². The third-order valence-corrected chi connectivity index (χ3v) is 12.0. The summed E-state index contributed by atoms with van der Waals surface area (Å²) in [6.45, 7) is 1.61. The van der Waals surface area contributed by atoms with Crippen molar-refractivity contribution in [2.45, 2.75) is 74.7 Å². The van der Waals surface area contributed by atoms with Crippen molar-refractivity contribution in [2.75, 3.05) is 24.8 Å². The zero-order valence-corrected chi connectivity index (χ0v) is 36.0. The highest BCUT2D eigenvalue weighted by atomic mass is 19.1. The first kappa shape index (κ1) is 44.3. The molecule has 5 N–H and O–H groups in total. The second-order valence-electron chi connectivity index (χ2n) is 15.8. The van der Waals surface area contributed by atoms with Crippen LogP contribution < -0.4 is 15.8 Å². The Kier molecular flexibility index (Phi) is 12.9. The Morgan fingerprint density at radius 3 is 1.80 bits per heavy atom. The van der Waals surface area contributed by atoms with E-state index in [1.54, 1.807) is 18.0 Å². The number of rotatable bonds is 13. The molecule has 0 spiro atoms. The van der Waals surface area contributed by atoms with Gasteiger partial charge in [0.05, 0.1) is 39.1 Å². The first-order valence-corrected chi connectivity index (χ1v) is 21.4. The number of halogens is 2. The lowest BCUT2D eigenvalue weighted by atomic mass is 9.77. The molecular formula is C48H48F2N10O6. The number of ether oxygens (including phenoxy) is 4. The molecule has 2 saturated heterocycles. The maximum atomic E-state index is 15.8. The van der Waals surface area contributed by atoms with E-state index >= 15 is 4.39 Å². The fourth-order valence-electron chi connectivity index (χ4n) is 8.56. The predicted octanol–water partition coefficient (Wildman–Crippen LogP) is 6.47. The maximum absolute atomic E-state index is 15.8. The highest BCUT2D eigenvalue weighted by Crippen LogP contribution is 2.42. The summed E-state index contributed by atoms with van der Waals surface area (Å²) in [5.41, 5.74) is 10.5. The van der Waals surface area contributed by atoms with Crippen LogP contribution in [0.15, 0.2) is 141 Å². The number of nitrogens with zero attached hydrogens (tertiary/aromatic N) is 8. The molecule has 2 aliphatic rings. The number of anilines is 2. The molecule has 0 amide bonds. The molecule has 8 atom stereocenters. The van der Waals surface area contributed by atoms with Crippen molar-refractivity contribution in [3.8, 4) is 5.75 Å². The third kappa shape index (κ3) is 8.29. The predicted molar refractivity (Wildman–Crippen MR) is 240 cm³/mol. The Labute approximate surface area is 378 Å². The van der Waals surface area contributed by atoms with Gasteiger partial charge >= 0.3 is 0 Å². The van der Waals surface area contributed by atoms with Crippen molar-refractivity contribution >= 4 is 34.0 Å². The van der Waals surface area contributed by atoms with Gasteiger partial charge in [-0.25, -0.2) is 38.7 Å². The molecule has 0 saturated carbocycles. The Morgan fingerprint density at radius 1 is 0.697 bits per heavy atom. The largest absolute Gasteiger partial charge is 0.497 e. The summed E-state index contributed by atoms with van der Waals surface area (Å²) in [6, 6.07) is 38.4. The van der Waals surface area contributed by atoms with Crippen molar-refractivity contribution in [3.05, 3.63) is 163 Å². The molecule has 2 fully saturated rings. The van der Waals surface area contributed by atoms with Crippen LogP contribution in [0.4, 0.5) is 20.4 Å². The number of aliphatic hydroxyl groups is 2. The molecule has 0 radical (unpaired) electrons. The van der Waals surface area contributed by atoms with E-state index in [2.05, 4.69) is 61.7 Å². The Balaban J connectivity index is 0.000000239. The van der Waals surface area contributed by atoms with Gasteiger partial charge in [0.25, 0.3) is 0 Å². The van der Waals surface area contributed by atoms with Crippen LogP contribution >= 0.6 is 0 Å². The van der Waals surface area contributed by atoms with Gasteiger partial charge in [0.2, 0.25) is 0 Å². The highest BCUT2D eigenvalue weighted by Gasteiger charge is 2.48. The molecule has 18 heteroatoms. The summed E-state index contributed by atoms with van der Waals surface area (Å²) < 4.78 is 55.7. The van der Waals surface area contributed by atoms with Gasteiger partial charge < -0.3 is 40.2 Å². The van der Waals surface area contributed by atoms with Gasteiger partial charge in [0.1, 0.15) is 47.8 Å². The van der Waals surface area contributed by atoms with Gasteiger partial charge in [0, 0.05) is 0 Å².